The monoisotopic (exact) mass is 1090 g/mol. The summed E-state index contributed by atoms with van der Waals surface area (Å²) in [4.78, 5) is 14.6. The maximum Gasteiger partial charge on any atom is 3.00 e. The van der Waals surface area contributed by atoms with Crippen LogP contribution in [0.25, 0.3) is 44.9 Å². The van der Waals surface area contributed by atoms with Crippen molar-refractivity contribution in [2.24, 2.45) is 0 Å². The van der Waals surface area contributed by atoms with Crippen LogP contribution in [0.15, 0.2) is 146 Å². The van der Waals surface area contributed by atoms with Crippen molar-refractivity contribution in [3.8, 4) is 44.9 Å². The topological polar surface area (TPSA) is 38.7 Å². The predicted molar refractivity (Wildman–Crippen MR) is 283 cm³/mol. The molecule has 8 aromatic rings. The van der Waals surface area contributed by atoms with Crippen molar-refractivity contribution in [1.82, 2.24) is 15.0 Å². The molecule has 3 heterocycles. The number of hydrogen-bond acceptors (Lipinski definition) is 3. The first-order chi connectivity index (χ1) is 34.3. The molecule has 0 saturated heterocycles. The van der Waals surface area contributed by atoms with Gasteiger partial charge in [-0.15, -0.1) is 107 Å². The largest absolute Gasteiger partial charge is 3.00 e. The molecule has 69 heavy (non-hydrogen) atoms. The van der Waals surface area contributed by atoms with Crippen LogP contribution in [0, 0.1) is 32.0 Å². The van der Waals surface area contributed by atoms with Crippen molar-refractivity contribution in [3.63, 3.8) is 0 Å². The molecule has 0 bridgehead atoms. The molecule has 1 saturated carbocycles. The van der Waals surface area contributed by atoms with Gasteiger partial charge in [-0.1, -0.05) is 121 Å². The number of nitrogens with zero attached hydrogens (tertiary/aromatic N) is 3. The second kappa shape index (κ2) is 21.5. The molecule has 9 rings (SSSR count). The van der Waals surface area contributed by atoms with Crippen molar-refractivity contribution in [1.29, 1.82) is 0 Å². The standard InChI is InChI=1S/C65H66N3.Ir/c1-44(2)50-25-27-54(28-26-50)62-38-59(63-45(3)33-56(34-46(63)4)51-17-15-16-18-51)55(41-66-62)24-23-47-35-48(39-64(5,6)57-29-31-60(67-42-57)52-19-11-9-12-20-52)37-49(36-47)40-65(7,8)58-30-32-61(68-43-58)53-21-13-10-14-22-53;/h9-14,19,21,25-27,29-38,41-44,51H,15-18,23-24,39-40H2,1-8H3;/q-3;+3/i23D2,24D2;. The number of hydrogen-bond donors (Lipinski definition) is 0. The molecule has 1 aliphatic rings. The molecule has 0 N–H and O–H groups in total. The van der Waals surface area contributed by atoms with Gasteiger partial charge in [0.25, 0.3) is 0 Å². The number of aryl methyl sites for hydroxylation is 4. The van der Waals surface area contributed by atoms with Gasteiger partial charge in [0.15, 0.2) is 0 Å². The molecular weight excluding hydrogens is 1010 g/mol. The Hall–Kier alpha value is -5.80. The smallest absolute Gasteiger partial charge is 0.304 e. The Kier molecular flexibility index (Phi) is 13.8. The van der Waals surface area contributed by atoms with E-state index in [0.29, 0.717) is 35.9 Å². The van der Waals surface area contributed by atoms with Gasteiger partial charge in [-0.2, -0.15) is 0 Å². The van der Waals surface area contributed by atoms with Crippen LogP contribution in [0.2, 0.25) is 0 Å². The van der Waals surface area contributed by atoms with Crippen LogP contribution >= 0.6 is 0 Å². The first kappa shape index (κ1) is 44.4. The summed E-state index contributed by atoms with van der Waals surface area (Å²) in [6.07, 6.45) is 6.36. The Morgan fingerprint density at radius 2 is 1.13 bits per heavy atom. The van der Waals surface area contributed by atoms with Crippen molar-refractivity contribution < 1.29 is 25.6 Å². The van der Waals surface area contributed by atoms with E-state index in [1.54, 1.807) is 6.20 Å². The molecule has 0 atom stereocenters. The number of pyridine rings is 3. The van der Waals surface area contributed by atoms with Gasteiger partial charge in [-0.3, -0.25) is 0 Å². The summed E-state index contributed by atoms with van der Waals surface area (Å²) in [5.74, 6) is 0.863. The van der Waals surface area contributed by atoms with Gasteiger partial charge in [-0.25, -0.2) is 0 Å². The van der Waals surface area contributed by atoms with E-state index >= 15 is 0 Å². The zero-order valence-electron chi connectivity index (χ0n) is 45.4. The van der Waals surface area contributed by atoms with Crippen molar-refractivity contribution >= 4 is 0 Å². The first-order valence-electron chi connectivity index (χ1n) is 26.5. The van der Waals surface area contributed by atoms with Gasteiger partial charge >= 0.3 is 20.1 Å². The van der Waals surface area contributed by atoms with Crippen LogP contribution in [0.1, 0.15) is 140 Å². The third-order valence-corrected chi connectivity index (χ3v) is 14.1. The Balaban J connectivity index is 0.00000711. The molecular formula is C65H66IrN3. The van der Waals surface area contributed by atoms with Gasteiger partial charge in [-0.05, 0) is 147 Å². The fraction of sp³-hybridized carbons (Fsp3) is 0.308. The SMILES string of the molecule is [2H]C([2H])(c1cc(CC(C)(C)c2ccc(-c3[c-]cccc3)nc2)cc(CC(C)(C)c2ccc(-c3[c-]cccc3)nc2)c1)C([2H])([2H])c1cnc(-c2[c-]cc(C(C)C)cc2)cc1-c1c(C)cc(C2CCCC2)cc1C.[Ir+3]. The normalized spacial score (nSPS) is 14.4. The van der Waals surface area contributed by atoms with Crippen LogP contribution in [-0.4, -0.2) is 15.0 Å². The molecule has 3 aromatic heterocycles. The third-order valence-electron chi connectivity index (χ3n) is 14.1. The minimum atomic E-state index is -2.54. The maximum absolute atomic E-state index is 10.1. The van der Waals surface area contributed by atoms with Gasteiger partial charge in [0.2, 0.25) is 0 Å². The number of benzene rings is 5. The van der Waals surface area contributed by atoms with Crippen molar-refractivity contribution in [2.45, 2.75) is 129 Å². The summed E-state index contributed by atoms with van der Waals surface area (Å²) in [5.41, 5.74) is 14.8. The van der Waals surface area contributed by atoms with E-state index in [2.05, 4.69) is 110 Å². The molecule has 0 radical (unpaired) electrons. The molecule has 0 spiro atoms. The molecule has 0 aliphatic heterocycles. The van der Waals surface area contributed by atoms with E-state index in [1.807, 2.05) is 103 Å². The van der Waals surface area contributed by atoms with Crippen molar-refractivity contribution in [2.75, 3.05) is 0 Å². The van der Waals surface area contributed by atoms with Gasteiger partial charge in [0, 0.05) is 24.1 Å². The van der Waals surface area contributed by atoms with Gasteiger partial charge in [0.05, 0.1) is 0 Å². The maximum atomic E-state index is 10.1. The fourth-order valence-electron chi connectivity index (χ4n) is 10.2. The molecule has 5 aromatic carbocycles. The van der Waals surface area contributed by atoms with Crippen LogP contribution in [0.3, 0.4) is 0 Å². The summed E-state index contributed by atoms with van der Waals surface area (Å²) in [5, 5.41) is 0. The Bertz CT molecular complexity index is 3020. The van der Waals surface area contributed by atoms with E-state index in [1.165, 1.54) is 36.8 Å². The third kappa shape index (κ3) is 11.6. The first-order valence-corrected chi connectivity index (χ1v) is 24.5. The van der Waals surface area contributed by atoms with E-state index in [0.717, 1.165) is 67.0 Å². The second-order valence-electron chi connectivity index (χ2n) is 20.6. The van der Waals surface area contributed by atoms with Crippen molar-refractivity contribution in [3.05, 3.63) is 220 Å². The van der Waals surface area contributed by atoms with E-state index < -0.39 is 23.6 Å². The summed E-state index contributed by atoms with van der Waals surface area (Å²) in [6, 6.07) is 52.7. The summed E-state index contributed by atoms with van der Waals surface area (Å²) >= 11 is 0. The Morgan fingerprint density at radius 1 is 0.594 bits per heavy atom. The number of aromatic nitrogens is 3. The number of rotatable bonds is 15. The van der Waals surface area contributed by atoms with Crippen LogP contribution in [0.4, 0.5) is 0 Å². The van der Waals surface area contributed by atoms with Gasteiger partial charge < -0.3 is 15.0 Å². The Labute approximate surface area is 432 Å². The van der Waals surface area contributed by atoms with E-state index in [4.69, 9.17) is 15.0 Å². The molecule has 3 nitrogen and oxygen atoms in total. The minimum absolute atomic E-state index is 0. The summed E-state index contributed by atoms with van der Waals surface area (Å²) in [6.45, 7) is 17.3. The average molecular weight is 1090 g/mol. The second-order valence-corrected chi connectivity index (χ2v) is 20.6. The summed E-state index contributed by atoms with van der Waals surface area (Å²) in [7, 11) is 0. The Morgan fingerprint density at radius 3 is 1.61 bits per heavy atom. The van der Waals surface area contributed by atoms with Gasteiger partial charge in [0.1, 0.15) is 0 Å². The zero-order chi connectivity index (χ0) is 51.0. The molecule has 1 fully saturated rings. The van der Waals surface area contributed by atoms with E-state index in [-0.39, 0.29) is 31.2 Å². The molecule has 350 valence electrons. The fourth-order valence-corrected chi connectivity index (χ4v) is 10.2. The van der Waals surface area contributed by atoms with Crippen LogP contribution in [0.5, 0.6) is 0 Å². The van der Waals surface area contributed by atoms with E-state index in [9.17, 15) is 5.48 Å². The minimum Gasteiger partial charge on any atom is -0.304 e. The molecule has 1 aliphatic carbocycles. The quantitative estimate of drug-likeness (QED) is 0.0961. The zero-order valence-corrected chi connectivity index (χ0v) is 43.8. The average Bonchev–Trinajstić information content (AvgIpc) is 3.92. The molecule has 0 amide bonds. The van der Waals surface area contributed by atoms with Crippen LogP contribution < -0.4 is 0 Å². The molecule has 0 unspecified atom stereocenters. The predicted octanol–water partition coefficient (Wildman–Crippen LogP) is 16.2. The molecule has 4 heteroatoms. The van der Waals surface area contributed by atoms with Crippen LogP contribution in [-0.2, 0) is 56.5 Å². The summed E-state index contributed by atoms with van der Waals surface area (Å²) < 4.78 is 40.5.